The highest BCUT2D eigenvalue weighted by Gasteiger charge is 1.90. The lowest BCUT2D eigenvalue weighted by Gasteiger charge is -1.99. The number of aryl methyl sites for hydroxylation is 2. The molecule has 0 aromatic heterocycles. The summed E-state index contributed by atoms with van der Waals surface area (Å²) in [7, 11) is 0. The molecule has 0 amide bonds. The van der Waals surface area contributed by atoms with E-state index in [-0.39, 0.29) is 0 Å². The maximum atomic E-state index is 5.41. The molecule has 0 spiro atoms. The van der Waals surface area contributed by atoms with E-state index in [0.717, 1.165) is 19.4 Å². The molecule has 1 heteroatoms. The normalized spacial score (nSPS) is 10.0. The van der Waals surface area contributed by atoms with Gasteiger partial charge >= 0.3 is 0 Å². The number of hydrogen-bond donors (Lipinski definition) is 1. The molecule has 0 aliphatic carbocycles. The smallest absolute Gasteiger partial charge is 0.00741 e. The molecule has 0 bridgehead atoms. The van der Waals surface area contributed by atoms with Crippen LogP contribution in [0.1, 0.15) is 17.5 Å². The lowest BCUT2D eigenvalue weighted by atomic mass is 10.1. The van der Waals surface area contributed by atoms with Crippen molar-refractivity contribution in [2.45, 2.75) is 19.8 Å². The van der Waals surface area contributed by atoms with Crippen LogP contribution in [0.5, 0.6) is 0 Å². The summed E-state index contributed by atoms with van der Waals surface area (Å²) >= 11 is 0. The summed E-state index contributed by atoms with van der Waals surface area (Å²) in [4.78, 5) is 0. The summed E-state index contributed by atoms with van der Waals surface area (Å²) in [5.41, 5.74) is 8.15. The van der Waals surface area contributed by atoms with E-state index in [4.69, 9.17) is 5.73 Å². The molecule has 1 nitrogen and oxygen atoms in total. The minimum Gasteiger partial charge on any atom is -0.330 e. The second kappa shape index (κ2) is 4.14. The van der Waals surface area contributed by atoms with Crippen molar-refractivity contribution in [1.82, 2.24) is 0 Å². The highest BCUT2D eigenvalue weighted by Crippen LogP contribution is 2.05. The van der Waals surface area contributed by atoms with E-state index in [9.17, 15) is 0 Å². The van der Waals surface area contributed by atoms with Crippen LogP contribution < -0.4 is 5.73 Å². The zero-order valence-electron chi connectivity index (χ0n) is 7.01. The molecule has 1 rings (SSSR count). The monoisotopic (exact) mass is 149 g/mol. The molecule has 1 aromatic rings. The Morgan fingerprint density at radius 1 is 1.36 bits per heavy atom. The predicted molar refractivity (Wildman–Crippen MR) is 48.6 cm³/mol. The summed E-state index contributed by atoms with van der Waals surface area (Å²) in [6.07, 6.45) is 2.20. The van der Waals surface area contributed by atoms with Gasteiger partial charge in [0.1, 0.15) is 0 Å². The average Bonchev–Trinajstić information content (AvgIpc) is 2.01. The minimum absolute atomic E-state index is 0.786. The lowest BCUT2D eigenvalue weighted by Crippen LogP contribution is -2.00. The van der Waals surface area contributed by atoms with Gasteiger partial charge in [0.05, 0.1) is 0 Å². The van der Waals surface area contributed by atoms with Gasteiger partial charge in [-0.25, -0.2) is 0 Å². The van der Waals surface area contributed by atoms with E-state index in [0.29, 0.717) is 0 Å². The predicted octanol–water partition coefficient (Wildman–Crippen LogP) is 1.89. The zero-order valence-corrected chi connectivity index (χ0v) is 7.01. The van der Waals surface area contributed by atoms with Gasteiger partial charge in [0.25, 0.3) is 0 Å². The summed E-state index contributed by atoms with van der Waals surface area (Å²) in [6.45, 7) is 2.90. The van der Waals surface area contributed by atoms with Crippen molar-refractivity contribution in [3.05, 3.63) is 35.4 Å². The lowest BCUT2D eigenvalue weighted by molar-refractivity contribution is 0.832. The molecular weight excluding hydrogens is 134 g/mol. The number of nitrogens with two attached hydrogens (primary N) is 1. The van der Waals surface area contributed by atoms with Crippen LogP contribution in [0.15, 0.2) is 24.3 Å². The molecule has 0 unspecified atom stereocenters. The molecule has 0 radical (unpaired) electrons. The maximum Gasteiger partial charge on any atom is -0.00741 e. The first kappa shape index (κ1) is 8.28. The van der Waals surface area contributed by atoms with E-state index < -0.39 is 0 Å². The Bertz CT molecular complexity index is 218. The first-order valence-electron chi connectivity index (χ1n) is 4.08. The zero-order chi connectivity index (χ0) is 8.10. The van der Waals surface area contributed by atoms with Crippen molar-refractivity contribution in [2.24, 2.45) is 5.73 Å². The van der Waals surface area contributed by atoms with Crippen molar-refractivity contribution in [2.75, 3.05) is 6.54 Å². The van der Waals surface area contributed by atoms with Crippen molar-refractivity contribution < 1.29 is 0 Å². The van der Waals surface area contributed by atoms with E-state index in [1.54, 1.807) is 0 Å². The second-order valence-corrected chi connectivity index (χ2v) is 2.88. The number of hydrogen-bond acceptors (Lipinski definition) is 1. The van der Waals surface area contributed by atoms with Gasteiger partial charge in [-0.2, -0.15) is 0 Å². The largest absolute Gasteiger partial charge is 0.330 e. The molecule has 1 aromatic carbocycles. The van der Waals surface area contributed by atoms with Crippen molar-refractivity contribution >= 4 is 0 Å². The summed E-state index contributed by atoms with van der Waals surface area (Å²) in [6, 6.07) is 8.59. The van der Waals surface area contributed by atoms with Crippen LogP contribution >= 0.6 is 0 Å². The Labute approximate surface area is 68.2 Å². The summed E-state index contributed by atoms with van der Waals surface area (Å²) < 4.78 is 0. The van der Waals surface area contributed by atoms with Crippen LogP contribution in [0.3, 0.4) is 0 Å². The van der Waals surface area contributed by atoms with Gasteiger partial charge in [-0.05, 0) is 31.9 Å². The SMILES string of the molecule is Cc1cccc(CCCN)c1. The van der Waals surface area contributed by atoms with Gasteiger partial charge in [-0.1, -0.05) is 29.8 Å². The highest BCUT2D eigenvalue weighted by atomic mass is 14.5. The molecule has 2 N–H and O–H groups in total. The van der Waals surface area contributed by atoms with Crippen LogP contribution in [0.4, 0.5) is 0 Å². The van der Waals surface area contributed by atoms with Gasteiger partial charge in [0.15, 0.2) is 0 Å². The quantitative estimate of drug-likeness (QED) is 0.697. The fourth-order valence-electron chi connectivity index (χ4n) is 1.17. The fraction of sp³-hybridized carbons (Fsp3) is 0.400. The maximum absolute atomic E-state index is 5.41. The fourth-order valence-corrected chi connectivity index (χ4v) is 1.17. The summed E-state index contributed by atoms with van der Waals surface area (Å²) in [5.74, 6) is 0. The van der Waals surface area contributed by atoms with E-state index >= 15 is 0 Å². The van der Waals surface area contributed by atoms with Crippen molar-refractivity contribution in [1.29, 1.82) is 0 Å². The molecule has 0 fully saturated rings. The Hall–Kier alpha value is -0.820. The molecule has 11 heavy (non-hydrogen) atoms. The van der Waals surface area contributed by atoms with Crippen LogP contribution in [0, 0.1) is 6.92 Å². The molecule has 0 atom stereocenters. The molecule has 0 heterocycles. The van der Waals surface area contributed by atoms with Crippen molar-refractivity contribution in [3.63, 3.8) is 0 Å². The minimum atomic E-state index is 0.786. The third-order valence-corrected chi connectivity index (χ3v) is 1.75. The van der Waals surface area contributed by atoms with E-state index in [1.807, 2.05) is 0 Å². The Balaban J connectivity index is 2.56. The van der Waals surface area contributed by atoms with Crippen LogP contribution in [-0.2, 0) is 6.42 Å². The molecule has 60 valence electrons. The summed E-state index contributed by atoms with van der Waals surface area (Å²) in [5, 5.41) is 0. The first-order chi connectivity index (χ1) is 5.33. The molecular formula is C10H15N. The second-order valence-electron chi connectivity index (χ2n) is 2.88. The van der Waals surface area contributed by atoms with Gasteiger partial charge < -0.3 is 5.73 Å². The van der Waals surface area contributed by atoms with Gasteiger partial charge in [0.2, 0.25) is 0 Å². The van der Waals surface area contributed by atoms with Crippen molar-refractivity contribution in [3.8, 4) is 0 Å². The first-order valence-corrected chi connectivity index (χ1v) is 4.08. The Kier molecular flexibility index (Phi) is 3.12. The number of rotatable bonds is 3. The standard InChI is InChI=1S/C10H15N/c1-9-4-2-5-10(8-9)6-3-7-11/h2,4-5,8H,3,6-7,11H2,1H3. The van der Waals surface area contributed by atoms with E-state index in [2.05, 4.69) is 31.2 Å². The van der Waals surface area contributed by atoms with Crippen LogP contribution in [0.2, 0.25) is 0 Å². The van der Waals surface area contributed by atoms with Crippen LogP contribution in [0.25, 0.3) is 0 Å². The Morgan fingerprint density at radius 2 is 2.18 bits per heavy atom. The van der Waals surface area contributed by atoms with E-state index in [1.165, 1.54) is 11.1 Å². The Morgan fingerprint density at radius 3 is 2.82 bits per heavy atom. The van der Waals surface area contributed by atoms with Gasteiger partial charge in [0, 0.05) is 0 Å². The third kappa shape index (κ3) is 2.72. The number of benzene rings is 1. The van der Waals surface area contributed by atoms with Gasteiger partial charge in [-0.3, -0.25) is 0 Å². The molecule has 0 aliphatic heterocycles. The third-order valence-electron chi connectivity index (χ3n) is 1.75. The molecule has 0 saturated heterocycles. The molecule has 0 saturated carbocycles. The van der Waals surface area contributed by atoms with Gasteiger partial charge in [-0.15, -0.1) is 0 Å². The highest BCUT2D eigenvalue weighted by molar-refractivity contribution is 5.22. The topological polar surface area (TPSA) is 26.0 Å². The van der Waals surface area contributed by atoms with Crippen LogP contribution in [-0.4, -0.2) is 6.54 Å². The molecule has 0 aliphatic rings. The average molecular weight is 149 g/mol.